The molecular weight excluding hydrogens is 571 g/mol. The Kier molecular flexibility index (Phi) is 6.02. The molecule has 0 radical (unpaired) electrons. The summed E-state index contributed by atoms with van der Waals surface area (Å²) >= 11 is -0.174. The zero-order chi connectivity index (χ0) is 28.1. The van der Waals surface area contributed by atoms with E-state index in [0.29, 0.717) is 16.7 Å². The van der Waals surface area contributed by atoms with E-state index in [1.165, 1.54) is 10.9 Å². The molecule has 0 unspecified atom stereocenters. The van der Waals surface area contributed by atoms with Crippen molar-refractivity contribution in [1.82, 2.24) is 0 Å². The number of hydrogen-bond donors (Lipinski definition) is 0. The van der Waals surface area contributed by atoms with Crippen molar-refractivity contribution in [1.29, 1.82) is 5.26 Å². The molecule has 0 saturated carbocycles. The van der Waals surface area contributed by atoms with Crippen LogP contribution in [0.1, 0.15) is 36.3 Å². The van der Waals surface area contributed by atoms with Gasteiger partial charge in [-0.1, -0.05) is 0 Å². The van der Waals surface area contributed by atoms with Crippen molar-refractivity contribution in [2.24, 2.45) is 0 Å². The van der Waals surface area contributed by atoms with Crippen LogP contribution in [0.5, 0.6) is 0 Å². The molecule has 7 rings (SSSR count). The van der Waals surface area contributed by atoms with Crippen LogP contribution in [0.25, 0.3) is 27.6 Å². The van der Waals surface area contributed by atoms with Crippen LogP contribution in [0.2, 0.25) is 0 Å². The third-order valence-electron chi connectivity index (χ3n) is 7.60. The molecule has 1 heterocycles. The van der Waals surface area contributed by atoms with Crippen molar-refractivity contribution < 1.29 is 9.59 Å². The van der Waals surface area contributed by atoms with Gasteiger partial charge in [-0.05, 0) is 0 Å². The maximum atomic E-state index is 13.4. The van der Waals surface area contributed by atoms with E-state index in [1.807, 2.05) is 66.7 Å². The zero-order valence-corrected chi connectivity index (χ0v) is 23.8. The Bertz CT molecular complexity index is 2060. The van der Waals surface area contributed by atoms with Crippen molar-refractivity contribution >= 4 is 69.6 Å². The standard InChI is InChI=1S/C36H22N2O2Se/c1-22-6-4-10-29-28(22)9-5-11-33(29)38(26-14-12-23(21-37)13-15-26)34-17-16-27(41-34)20-32-35(39)30-18-24-7-2-3-8-25(24)19-31(30)36(32)40/h2-20H,1H3. The van der Waals surface area contributed by atoms with Crippen LogP contribution in [0.3, 0.4) is 0 Å². The van der Waals surface area contributed by atoms with E-state index in [0.717, 1.165) is 36.5 Å². The van der Waals surface area contributed by atoms with Crippen molar-refractivity contribution in [3.05, 3.63) is 141 Å². The van der Waals surface area contributed by atoms with Crippen LogP contribution in [-0.2, 0) is 0 Å². The summed E-state index contributed by atoms with van der Waals surface area (Å²) < 4.78 is 2.03. The van der Waals surface area contributed by atoms with Crippen molar-refractivity contribution in [2.45, 2.75) is 6.92 Å². The molecule has 1 aliphatic rings. The topological polar surface area (TPSA) is 61.2 Å². The number of carbonyl (C=O) groups excluding carboxylic acids is 2. The number of allylic oxidation sites excluding steroid dienone is 1. The van der Waals surface area contributed by atoms with Crippen molar-refractivity contribution in [2.75, 3.05) is 4.90 Å². The number of nitrogens with zero attached hydrogens (tertiary/aromatic N) is 2. The number of anilines is 3. The van der Waals surface area contributed by atoms with E-state index in [1.54, 1.807) is 6.08 Å². The molecule has 0 amide bonds. The molecule has 0 saturated heterocycles. The van der Waals surface area contributed by atoms with Gasteiger partial charge < -0.3 is 0 Å². The van der Waals surface area contributed by atoms with E-state index in [2.05, 4.69) is 60.4 Å². The van der Waals surface area contributed by atoms with Gasteiger partial charge in [0.15, 0.2) is 0 Å². The monoisotopic (exact) mass is 594 g/mol. The Balaban J connectivity index is 1.33. The van der Waals surface area contributed by atoms with Gasteiger partial charge in [-0.3, -0.25) is 0 Å². The first-order valence-corrected chi connectivity index (χ1v) is 15.0. The van der Waals surface area contributed by atoms with Gasteiger partial charge >= 0.3 is 244 Å². The molecule has 5 heteroatoms. The molecule has 0 aliphatic heterocycles. The Morgan fingerprint density at radius 2 is 1.39 bits per heavy atom. The number of nitriles is 1. The summed E-state index contributed by atoms with van der Waals surface area (Å²) in [6.07, 6.45) is 1.78. The van der Waals surface area contributed by atoms with Gasteiger partial charge in [-0.15, -0.1) is 0 Å². The first-order valence-electron chi connectivity index (χ1n) is 13.2. The second-order valence-corrected chi connectivity index (χ2v) is 12.4. The molecule has 0 fully saturated rings. The van der Waals surface area contributed by atoms with Crippen LogP contribution < -0.4 is 4.90 Å². The molecule has 41 heavy (non-hydrogen) atoms. The Hall–Kier alpha value is -5.01. The number of ketones is 2. The van der Waals surface area contributed by atoms with Crippen LogP contribution in [-0.4, -0.2) is 26.1 Å². The minimum atomic E-state index is -0.214. The second kappa shape index (κ2) is 9.87. The molecule has 0 spiro atoms. The fourth-order valence-corrected chi connectivity index (χ4v) is 7.61. The van der Waals surface area contributed by atoms with E-state index >= 15 is 0 Å². The maximum absolute atomic E-state index is 13.4. The Morgan fingerprint density at radius 1 is 0.732 bits per heavy atom. The summed E-state index contributed by atoms with van der Waals surface area (Å²) in [4.78, 5) is 29.0. The number of fused-ring (bicyclic) bond motifs is 3. The minimum absolute atomic E-state index is 0.174. The molecule has 1 aromatic heterocycles. The van der Waals surface area contributed by atoms with Gasteiger partial charge in [-0.25, -0.2) is 0 Å². The molecule has 194 valence electrons. The van der Waals surface area contributed by atoms with E-state index in [-0.39, 0.29) is 31.6 Å². The average Bonchev–Trinajstić information content (AvgIpc) is 3.55. The van der Waals surface area contributed by atoms with Crippen LogP contribution >= 0.6 is 0 Å². The number of Topliss-reactive ketones (excluding diaryl/α,β-unsaturated/α-hetero) is 2. The first-order chi connectivity index (χ1) is 20.0. The normalized spacial score (nSPS) is 12.5. The van der Waals surface area contributed by atoms with Crippen molar-refractivity contribution in [3.8, 4) is 6.07 Å². The van der Waals surface area contributed by atoms with E-state index in [9.17, 15) is 14.9 Å². The van der Waals surface area contributed by atoms with Crippen molar-refractivity contribution in [3.63, 3.8) is 0 Å². The third-order valence-corrected chi connectivity index (χ3v) is 9.73. The molecule has 0 bridgehead atoms. The fourth-order valence-electron chi connectivity index (χ4n) is 5.54. The van der Waals surface area contributed by atoms with E-state index < -0.39 is 0 Å². The molecule has 1 aliphatic carbocycles. The quantitative estimate of drug-likeness (QED) is 0.118. The molecule has 5 aromatic carbocycles. The third kappa shape index (κ3) is 4.22. The summed E-state index contributed by atoms with van der Waals surface area (Å²) in [6, 6.07) is 37.9. The molecule has 6 aromatic rings. The molecular formula is C36H22N2O2Se. The van der Waals surface area contributed by atoms with Gasteiger partial charge in [-0.2, -0.15) is 0 Å². The number of benzene rings is 5. The van der Waals surface area contributed by atoms with Crippen LogP contribution in [0, 0.1) is 18.3 Å². The van der Waals surface area contributed by atoms with Gasteiger partial charge in [0.2, 0.25) is 0 Å². The zero-order valence-electron chi connectivity index (χ0n) is 22.1. The van der Waals surface area contributed by atoms with Gasteiger partial charge in [0.25, 0.3) is 0 Å². The fraction of sp³-hybridized carbons (Fsp3) is 0.0278. The number of hydrogen-bond acceptors (Lipinski definition) is 4. The number of aryl methyl sites for hydroxylation is 1. The summed E-state index contributed by atoms with van der Waals surface area (Å²) in [6.45, 7) is 2.11. The average molecular weight is 594 g/mol. The summed E-state index contributed by atoms with van der Waals surface area (Å²) in [5, 5.41) is 13.6. The predicted molar refractivity (Wildman–Crippen MR) is 166 cm³/mol. The number of rotatable bonds is 4. The number of carbonyl (C=O) groups is 2. The molecule has 4 nitrogen and oxygen atoms in total. The summed E-state index contributed by atoms with van der Waals surface area (Å²) in [5.41, 5.74) is 4.96. The Morgan fingerprint density at radius 3 is 2.07 bits per heavy atom. The second-order valence-electron chi connectivity index (χ2n) is 10.1. The molecule has 0 N–H and O–H groups in total. The van der Waals surface area contributed by atoms with Gasteiger partial charge in [0, 0.05) is 0 Å². The predicted octanol–water partition coefficient (Wildman–Crippen LogP) is 8.16. The van der Waals surface area contributed by atoms with Crippen LogP contribution in [0.4, 0.5) is 15.9 Å². The van der Waals surface area contributed by atoms with Crippen LogP contribution in [0.15, 0.2) is 115 Å². The summed E-state index contributed by atoms with van der Waals surface area (Å²) in [5.74, 6) is -0.427. The Labute approximate surface area is 243 Å². The van der Waals surface area contributed by atoms with E-state index in [4.69, 9.17) is 0 Å². The molecule has 0 atom stereocenters. The summed E-state index contributed by atoms with van der Waals surface area (Å²) in [7, 11) is 0. The SMILES string of the molecule is Cc1cccc2c(N(c3ccc(C#N)cc3)c3ccc(C=C4C(=O)c5cc6ccccc6cc5C4=O)[se]3)cccc12. The van der Waals surface area contributed by atoms with Gasteiger partial charge in [0.05, 0.1) is 0 Å². The first kappa shape index (κ1) is 25.0. The van der Waals surface area contributed by atoms with Gasteiger partial charge in [0.1, 0.15) is 0 Å².